The van der Waals surface area contributed by atoms with Crippen molar-refractivity contribution < 1.29 is 23.4 Å². The fourth-order valence-corrected chi connectivity index (χ4v) is 5.62. The molecule has 0 spiro atoms. The van der Waals surface area contributed by atoms with Crippen LogP contribution < -0.4 is 0 Å². The molecule has 2 N–H and O–H groups in total. The van der Waals surface area contributed by atoms with Gasteiger partial charge in [0.25, 0.3) is 0 Å². The minimum atomic E-state index is -3.85. The van der Waals surface area contributed by atoms with Gasteiger partial charge in [0.15, 0.2) is 0 Å². The van der Waals surface area contributed by atoms with Crippen LogP contribution >= 0.6 is 11.3 Å². The zero-order chi connectivity index (χ0) is 15.1. The van der Waals surface area contributed by atoms with Crippen molar-refractivity contribution in [2.24, 2.45) is 0 Å². The number of hydrogen-bond donors (Lipinski definition) is 2. The number of carbonyl (C=O) groups is 1. The Hall–Kier alpha value is -0.960. The summed E-state index contributed by atoms with van der Waals surface area (Å²) < 4.78 is 26.1. The summed E-state index contributed by atoms with van der Waals surface area (Å²) in [5.41, 5.74) is -0.548. The third-order valence-electron chi connectivity index (χ3n) is 3.37. The van der Waals surface area contributed by atoms with E-state index in [-0.39, 0.29) is 22.9 Å². The standard InChI is InChI=1S/C12H17NO5S2/c1-3-4-12(16)6-13(7-12)20(17,18)10-8(2)5-19-9(10)11(14)15/h5,16H,3-4,6-7H2,1-2H3,(H,14,15). The first kappa shape index (κ1) is 15.4. The maximum atomic E-state index is 12.5. The highest BCUT2D eigenvalue weighted by Crippen LogP contribution is 2.35. The Bertz CT molecular complexity index is 628. The topological polar surface area (TPSA) is 94.9 Å². The molecular formula is C12H17NO5S2. The van der Waals surface area contributed by atoms with Gasteiger partial charge in [-0.1, -0.05) is 13.3 Å². The van der Waals surface area contributed by atoms with Crippen LogP contribution in [-0.2, 0) is 10.0 Å². The molecule has 1 aliphatic heterocycles. The van der Waals surface area contributed by atoms with Crippen LogP contribution in [0.15, 0.2) is 10.3 Å². The normalized spacial score (nSPS) is 18.8. The van der Waals surface area contributed by atoms with Crippen molar-refractivity contribution >= 4 is 27.3 Å². The van der Waals surface area contributed by atoms with Crippen molar-refractivity contribution in [3.05, 3.63) is 15.8 Å². The van der Waals surface area contributed by atoms with Crippen LogP contribution in [0.4, 0.5) is 0 Å². The minimum Gasteiger partial charge on any atom is -0.477 e. The maximum absolute atomic E-state index is 12.5. The van der Waals surface area contributed by atoms with Crippen LogP contribution in [-0.4, -0.2) is 47.6 Å². The molecule has 1 aromatic heterocycles. The lowest BCUT2D eigenvalue weighted by atomic mass is 9.92. The fraction of sp³-hybridized carbons (Fsp3) is 0.583. The van der Waals surface area contributed by atoms with Gasteiger partial charge in [0.05, 0.1) is 5.60 Å². The quantitative estimate of drug-likeness (QED) is 0.853. The molecule has 8 heteroatoms. The summed E-state index contributed by atoms with van der Waals surface area (Å²) in [6.45, 7) is 3.55. The van der Waals surface area contributed by atoms with Gasteiger partial charge in [0.2, 0.25) is 10.0 Å². The second-order valence-corrected chi connectivity index (χ2v) is 7.88. The molecule has 0 aromatic carbocycles. The average Bonchev–Trinajstić information content (AvgIpc) is 2.69. The van der Waals surface area contributed by atoms with E-state index in [0.29, 0.717) is 12.0 Å². The van der Waals surface area contributed by atoms with E-state index in [1.807, 2.05) is 6.92 Å². The smallest absolute Gasteiger partial charge is 0.347 e. The Morgan fingerprint density at radius 2 is 2.10 bits per heavy atom. The van der Waals surface area contributed by atoms with Gasteiger partial charge < -0.3 is 10.2 Å². The molecule has 0 radical (unpaired) electrons. The lowest BCUT2D eigenvalue weighted by molar-refractivity contribution is -0.0653. The van der Waals surface area contributed by atoms with Crippen molar-refractivity contribution in [3.63, 3.8) is 0 Å². The SMILES string of the molecule is CCCC1(O)CN(S(=O)(=O)c2c(C)csc2C(=O)O)C1. The number of hydrogen-bond acceptors (Lipinski definition) is 5. The summed E-state index contributed by atoms with van der Waals surface area (Å²) in [5, 5.41) is 20.7. The Morgan fingerprint density at radius 1 is 1.50 bits per heavy atom. The molecule has 0 bridgehead atoms. The molecule has 0 saturated carbocycles. The van der Waals surface area contributed by atoms with Crippen LogP contribution in [0.1, 0.15) is 35.0 Å². The predicted octanol–water partition coefficient (Wildman–Crippen LogP) is 1.29. The van der Waals surface area contributed by atoms with Crippen molar-refractivity contribution in [2.75, 3.05) is 13.1 Å². The monoisotopic (exact) mass is 319 g/mol. The first-order chi connectivity index (χ1) is 9.21. The number of aryl methyl sites for hydroxylation is 1. The highest BCUT2D eigenvalue weighted by molar-refractivity contribution is 7.89. The fourth-order valence-electron chi connectivity index (χ4n) is 2.43. The number of rotatable bonds is 5. The van der Waals surface area contributed by atoms with E-state index in [4.69, 9.17) is 5.11 Å². The number of nitrogens with zero attached hydrogens (tertiary/aromatic N) is 1. The van der Waals surface area contributed by atoms with Gasteiger partial charge in [-0.15, -0.1) is 11.3 Å². The van der Waals surface area contributed by atoms with Gasteiger partial charge >= 0.3 is 5.97 Å². The molecule has 112 valence electrons. The zero-order valence-electron chi connectivity index (χ0n) is 11.3. The molecule has 0 unspecified atom stereocenters. The highest BCUT2D eigenvalue weighted by atomic mass is 32.2. The lowest BCUT2D eigenvalue weighted by Gasteiger charge is -2.45. The maximum Gasteiger partial charge on any atom is 0.347 e. The number of carboxylic acid groups (broad SMARTS) is 1. The summed E-state index contributed by atoms with van der Waals surface area (Å²) in [5.74, 6) is -1.24. The van der Waals surface area contributed by atoms with E-state index in [1.54, 1.807) is 6.92 Å². The van der Waals surface area contributed by atoms with E-state index in [0.717, 1.165) is 22.1 Å². The molecule has 1 aromatic rings. The van der Waals surface area contributed by atoms with Gasteiger partial charge in [-0.05, 0) is 24.3 Å². The van der Waals surface area contributed by atoms with E-state index < -0.39 is 21.6 Å². The van der Waals surface area contributed by atoms with Gasteiger partial charge in [-0.25, -0.2) is 13.2 Å². The molecule has 0 amide bonds. The lowest BCUT2D eigenvalue weighted by Crippen LogP contribution is -2.63. The summed E-state index contributed by atoms with van der Waals surface area (Å²) in [6, 6.07) is 0. The van der Waals surface area contributed by atoms with Crippen molar-refractivity contribution in [3.8, 4) is 0 Å². The van der Waals surface area contributed by atoms with Crippen LogP contribution in [0.5, 0.6) is 0 Å². The molecule has 2 heterocycles. The Morgan fingerprint density at radius 3 is 2.60 bits per heavy atom. The third kappa shape index (κ3) is 2.48. The molecule has 0 aliphatic carbocycles. The van der Waals surface area contributed by atoms with Crippen LogP contribution in [0.25, 0.3) is 0 Å². The van der Waals surface area contributed by atoms with Crippen LogP contribution in [0, 0.1) is 6.92 Å². The van der Waals surface area contributed by atoms with Crippen LogP contribution in [0.2, 0.25) is 0 Å². The Kier molecular flexibility index (Phi) is 3.94. The number of aromatic carboxylic acids is 1. The summed E-state index contributed by atoms with van der Waals surface area (Å²) in [6.07, 6.45) is 1.30. The Balaban J connectivity index is 2.30. The first-order valence-electron chi connectivity index (χ1n) is 6.25. The number of β-amino-alcohol motifs (C(OH)–C–C–N with tert-alkyl or cyclic N) is 1. The number of sulfonamides is 1. The zero-order valence-corrected chi connectivity index (χ0v) is 12.9. The summed E-state index contributed by atoms with van der Waals surface area (Å²) >= 11 is 0.905. The molecular weight excluding hydrogens is 302 g/mol. The predicted molar refractivity (Wildman–Crippen MR) is 74.6 cm³/mol. The number of carboxylic acids is 1. The molecule has 20 heavy (non-hydrogen) atoms. The summed E-state index contributed by atoms with van der Waals surface area (Å²) in [4.78, 5) is 10.8. The van der Waals surface area contributed by atoms with E-state index in [1.165, 1.54) is 5.38 Å². The van der Waals surface area contributed by atoms with E-state index in [9.17, 15) is 18.3 Å². The van der Waals surface area contributed by atoms with Gasteiger partial charge in [-0.3, -0.25) is 0 Å². The third-order valence-corrected chi connectivity index (χ3v) is 6.56. The first-order valence-corrected chi connectivity index (χ1v) is 8.57. The number of aliphatic hydroxyl groups is 1. The Labute approximate surface area is 121 Å². The summed E-state index contributed by atoms with van der Waals surface area (Å²) in [7, 11) is -3.85. The van der Waals surface area contributed by atoms with E-state index in [2.05, 4.69) is 0 Å². The molecule has 6 nitrogen and oxygen atoms in total. The molecule has 1 fully saturated rings. The van der Waals surface area contributed by atoms with Crippen molar-refractivity contribution in [2.45, 2.75) is 37.2 Å². The molecule has 1 aliphatic rings. The van der Waals surface area contributed by atoms with E-state index >= 15 is 0 Å². The van der Waals surface area contributed by atoms with Gasteiger partial charge in [0.1, 0.15) is 9.77 Å². The van der Waals surface area contributed by atoms with Crippen molar-refractivity contribution in [1.82, 2.24) is 4.31 Å². The van der Waals surface area contributed by atoms with Gasteiger partial charge in [0, 0.05) is 13.1 Å². The largest absolute Gasteiger partial charge is 0.477 e. The second-order valence-electron chi connectivity index (χ2n) is 5.13. The van der Waals surface area contributed by atoms with Crippen molar-refractivity contribution in [1.29, 1.82) is 0 Å². The second kappa shape index (κ2) is 5.10. The molecule has 2 rings (SSSR count). The minimum absolute atomic E-state index is 0.0253. The highest BCUT2D eigenvalue weighted by Gasteiger charge is 2.47. The molecule has 0 atom stereocenters. The van der Waals surface area contributed by atoms with Crippen LogP contribution in [0.3, 0.4) is 0 Å². The average molecular weight is 319 g/mol. The molecule has 1 saturated heterocycles. The van der Waals surface area contributed by atoms with Gasteiger partial charge in [-0.2, -0.15) is 4.31 Å². The number of thiophene rings is 1.